The number of amides is 1. The van der Waals surface area contributed by atoms with E-state index in [0.717, 1.165) is 0 Å². The lowest BCUT2D eigenvalue weighted by Gasteiger charge is -2.28. The summed E-state index contributed by atoms with van der Waals surface area (Å²) in [5.41, 5.74) is 0. The molecule has 1 aliphatic rings. The van der Waals surface area contributed by atoms with Crippen molar-refractivity contribution in [3.63, 3.8) is 0 Å². The lowest BCUT2D eigenvalue weighted by atomic mass is 9.94. The fraction of sp³-hybridized carbons (Fsp3) is 0.900. The number of nitrogens with one attached hydrogen (secondary N) is 1. The molecular weight excluding hydrogens is 220 g/mol. The van der Waals surface area contributed by atoms with Crippen LogP contribution >= 0.6 is 0 Å². The third kappa shape index (κ3) is 4.30. The van der Waals surface area contributed by atoms with Crippen molar-refractivity contribution in [2.75, 3.05) is 6.61 Å². The molecule has 1 atom stereocenters. The van der Waals surface area contributed by atoms with Crippen molar-refractivity contribution in [1.82, 2.24) is 5.32 Å². The van der Waals surface area contributed by atoms with Gasteiger partial charge in [-0.3, -0.25) is 0 Å². The summed E-state index contributed by atoms with van der Waals surface area (Å²) in [6.07, 6.45) is -1.19. The molecule has 1 unspecified atom stereocenters. The van der Waals surface area contributed by atoms with Crippen molar-refractivity contribution >= 4 is 6.09 Å². The Bertz CT molecular complexity index is 238. The second kappa shape index (κ2) is 5.43. The summed E-state index contributed by atoms with van der Waals surface area (Å²) in [5.74, 6) is -2.62. The first kappa shape index (κ1) is 13.2. The maximum Gasteiger partial charge on any atom is 0.407 e. The van der Waals surface area contributed by atoms with Crippen LogP contribution in [0.4, 0.5) is 13.6 Å². The van der Waals surface area contributed by atoms with Crippen LogP contribution in [0.25, 0.3) is 0 Å². The lowest BCUT2D eigenvalue weighted by molar-refractivity contribution is -0.0658. The number of aliphatic hydroxyl groups excluding tert-OH is 1. The molecule has 6 heteroatoms. The molecule has 0 aromatic heterocycles. The van der Waals surface area contributed by atoms with Gasteiger partial charge in [-0.2, -0.15) is 0 Å². The molecule has 0 radical (unpaired) electrons. The molecule has 0 bridgehead atoms. The lowest BCUT2D eigenvalue weighted by Crippen LogP contribution is -2.39. The second-order valence-electron chi connectivity index (χ2n) is 4.19. The van der Waals surface area contributed by atoms with Crippen molar-refractivity contribution in [2.24, 2.45) is 0 Å². The van der Waals surface area contributed by atoms with Crippen molar-refractivity contribution in [1.29, 1.82) is 0 Å². The molecule has 0 spiro atoms. The van der Waals surface area contributed by atoms with Crippen molar-refractivity contribution in [3.05, 3.63) is 0 Å². The zero-order valence-corrected chi connectivity index (χ0v) is 9.21. The van der Waals surface area contributed by atoms with Crippen molar-refractivity contribution < 1.29 is 23.4 Å². The van der Waals surface area contributed by atoms with Crippen LogP contribution in [0.2, 0.25) is 0 Å². The predicted octanol–water partition coefficient (Wildman–Crippen LogP) is 1.67. The smallest absolute Gasteiger partial charge is 0.407 e. The minimum atomic E-state index is -2.62. The summed E-state index contributed by atoms with van der Waals surface area (Å²) < 4.78 is 30.5. The Labute approximate surface area is 93.0 Å². The summed E-state index contributed by atoms with van der Waals surface area (Å²) in [4.78, 5) is 11.2. The predicted molar refractivity (Wildman–Crippen MR) is 53.4 cm³/mol. The van der Waals surface area contributed by atoms with E-state index < -0.39 is 24.2 Å². The first-order chi connectivity index (χ1) is 7.43. The number of rotatable bonds is 3. The van der Waals surface area contributed by atoms with Gasteiger partial charge in [-0.05, 0) is 19.8 Å². The summed E-state index contributed by atoms with van der Waals surface area (Å²) in [6, 6.07) is -0.391. The van der Waals surface area contributed by atoms with E-state index in [2.05, 4.69) is 5.32 Å². The van der Waals surface area contributed by atoms with Gasteiger partial charge in [0.25, 0.3) is 0 Å². The van der Waals surface area contributed by atoms with Gasteiger partial charge in [0.15, 0.2) is 0 Å². The highest BCUT2D eigenvalue weighted by Crippen LogP contribution is 2.34. The molecule has 1 amide bonds. The highest BCUT2D eigenvalue weighted by atomic mass is 19.3. The van der Waals surface area contributed by atoms with Crippen molar-refractivity contribution in [2.45, 2.75) is 50.7 Å². The third-order valence-electron chi connectivity index (χ3n) is 2.58. The number of alkyl carbamates (subject to hydrolysis) is 1. The number of hydrogen-bond acceptors (Lipinski definition) is 3. The number of hydrogen-bond donors (Lipinski definition) is 2. The zero-order valence-electron chi connectivity index (χ0n) is 9.21. The number of aliphatic hydroxyl groups is 1. The molecular formula is C10H17F2NO3. The molecule has 0 saturated heterocycles. The molecule has 1 aliphatic carbocycles. The van der Waals surface area contributed by atoms with Crippen molar-refractivity contribution in [3.8, 4) is 0 Å². The molecule has 1 fully saturated rings. The number of halogens is 2. The molecule has 0 aliphatic heterocycles. The number of carbonyl (C=O) groups excluding carboxylic acids is 1. The van der Waals surface area contributed by atoms with Gasteiger partial charge in [0.2, 0.25) is 5.92 Å². The SMILES string of the molecule is CC(CO)NC(=O)OC1CCC(F)(F)CC1. The van der Waals surface area contributed by atoms with E-state index >= 15 is 0 Å². The molecule has 16 heavy (non-hydrogen) atoms. The standard InChI is InChI=1S/C10H17F2NO3/c1-7(6-14)13-9(15)16-8-2-4-10(11,12)5-3-8/h7-8,14H,2-6H2,1H3,(H,13,15). The van der Waals surface area contributed by atoms with Gasteiger partial charge in [-0.1, -0.05) is 0 Å². The monoisotopic (exact) mass is 237 g/mol. The largest absolute Gasteiger partial charge is 0.446 e. The van der Waals surface area contributed by atoms with Gasteiger partial charge in [0.1, 0.15) is 6.10 Å². The highest BCUT2D eigenvalue weighted by Gasteiger charge is 2.36. The average molecular weight is 237 g/mol. The molecule has 0 heterocycles. The van der Waals surface area contributed by atoms with Crippen LogP contribution in [-0.2, 0) is 4.74 Å². The van der Waals surface area contributed by atoms with Crippen LogP contribution < -0.4 is 5.32 Å². The average Bonchev–Trinajstić information content (AvgIpc) is 2.21. The molecule has 0 aromatic rings. The highest BCUT2D eigenvalue weighted by molar-refractivity contribution is 5.67. The Hall–Kier alpha value is -0.910. The van der Waals surface area contributed by atoms with Crippen LogP contribution in [0, 0.1) is 0 Å². The van der Waals surface area contributed by atoms with Crippen LogP contribution in [-0.4, -0.2) is 35.9 Å². The summed E-state index contributed by atoms with van der Waals surface area (Å²) >= 11 is 0. The van der Waals surface area contributed by atoms with Gasteiger partial charge in [-0.15, -0.1) is 0 Å². The molecule has 1 saturated carbocycles. The van der Waals surface area contributed by atoms with E-state index in [0.29, 0.717) is 0 Å². The normalized spacial score (nSPS) is 22.5. The van der Waals surface area contributed by atoms with Gasteiger partial charge >= 0.3 is 6.09 Å². The minimum absolute atomic E-state index is 0.183. The summed E-state index contributed by atoms with van der Waals surface area (Å²) in [5, 5.41) is 11.1. The van der Waals surface area contributed by atoms with Gasteiger partial charge in [-0.25, -0.2) is 13.6 Å². The third-order valence-corrected chi connectivity index (χ3v) is 2.58. The Balaban J connectivity index is 2.26. The number of alkyl halides is 2. The summed E-state index contributed by atoms with van der Waals surface area (Å²) in [6.45, 7) is 1.44. The first-order valence-electron chi connectivity index (χ1n) is 5.39. The molecule has 2 N–H and O–H groups in total. The van der Waals surface area contributed by atoms with E-state index in [-0.39, 0.29) is 32.3 Å². The Kier molecular flexibility index (Phi) is 4.46. The molecule has 94 valence electrons. The molecule has 4 nitrogen and oxygen atoms in total. The van der Waals surface area contributed by atoms with E-state index in [9.17, 15) is 13.6 Å². The zero-order chi connectivity index (χ0) is 12.2. The topological polar surface area (TPSA) is 58.6 Å². The quantitative estimate of drug-likeness (QED) is 0.785. The molecule has 0 aromatic carbocycles. The molecule has 1 rings (SSSR count). The Morgan fingerprint density at radius 1 is 1.56 bits per heavy atom. The van der Waals surface area contributed by atoms with E-state index in [1.807, 2.05) is 0 Å². The maximum absolute atomic E-state index is 12.8. The maximum atomic E-state index is 12.8. The van der Waals surface area contributed by atoms with Gasteiger partial charge in [0.05, 0.1) is 12.6 Å². The van der Waals surface area contributed by atoms with E-state index in [1.165, 1.54) is 0 Å². The number of carbonyl (C=O) groups is 1. The van der Waals surface area contributed by atoms with E-state index in [1.54, 1.807) is 6.92 Å². The number of ether oxygens (including phenoxy) is 1. The summed E-state index contributed by atoms with van der Waals surface area (Å²) in [7, 11) is 0. The van der Waals surface area contributed by atoms with Crippen LogP contribution in [0.15, 0.2) is 0 Å². The second-order valence-corrected chi connectivity index (χ2v) is 4.19. The minimum Gasteiger partial charge on any atom is -0.446 e. The first-order valence-corrected chi connectivity index (χ1v) is 5.39. The van der Waals surface area contributed by atoms with Gasteiger partial charge in [0, 0.05) is 12.8 Å². The van der Waals surface area contributed by atoms with Gasteiger partial charge < -0.3 is 15.2 Å². The van der Waals surface area contributed by atoms with E-state index in [4.69, 9.17) is 9.84 Å². The Morgan fingerprint density at radius 2 is 2.12 bits per heavy atom. The Morgan fingerprint density at radius 3 is 2.62 bits per heavy atom. The van der Waals surface area contributed by atoms with Crippen LogP contribution in [0.3, 0.4) is 0 Å². The fourth-order valence-electron chi connectivity index (χ4n) is 1.56. The van der Waals surface area contributed by atoms with Crippen LogP contribution in [0.1, 0.15) is 32.6 Å². The fourth-order valence-corrected chi connectivity index (χ4v) is 1.56. The van der Waals surface area contributed by atoms with Crippen LogP contribution in [0.5, 0.6) is 0 Å².